The van der Waals surface area contributed by atoms with Gasteiger partial charge in [-0.25, -0.2) is 8.78 Å². The largest absolute Gasteiger partial charge is 0.454 e. The van der Waals surface area contributed by atoms with E-state index in [9.17, 15) is 13.6 Å². The van der Waals surface area contributed by atoms with Crippen LogP contribution in [0.5, 0.6) is 11.5 Å². The average Bonchev–Trinajstić information content (AvgIpc) is 2.73. The zero-order valence-electron chi connectivity index (χ0n) is 15.9. The fraction of sp³-hybridized carbons (Fsp3) is 0.0870. The number of aromatic nitrogens is 1. The van der Waals surface area contributed by atoms with Crippen LogP contribution >= 0.6 is 0 Å². The third-order valence-electron chi connectivity index (χ3n) is 4.76. The minimum atomic E-state index is -0.793. The molecule has 29 heavy (non-hydrogen) atoms. The summed E-state index contributed by atoms with van der Waals surface area (Å²) in [4.78, 5) is 12.5. The van der Waals surface area contributed by atoms with Gasteiger partial charge in [0.1, 0.15) is 11.6 Å². The summed E-state index contributed by atoms with van der Waals surface area (Å²) in [6.45, 7) is 0. The lowest BCUT2D eigenvalue weighted by Crippen LogP contribution is -2.16. The molecule has 0 bridgehead atoms. The Balaban J connectivity index is 1.95. The number of hydrogen-bond acceptors (Lipinski definition) is 3. The molecule has 4 nitrogen and oxygen atoms in total. The normalized spacial score (nSPS) is 10.9. The lowest BCUT2D eigenvalue weighted by molar-refractivity contribution is 0.439. The van der Waals surface area contributed by atoms with Gasteiger partial charge in [0, 0.05) is 48.6 Å². The Bertz CT molecular complexity index is 1280. The van der Waals surface area contributed by atoms with Crippen LogP contribution in [0.4, 0.5) is 14.5 Å². The van der Waals surface area contributed by atoms with Crippen molar-refractivity contribution in [1.82, 2.24) is 4.57 Å². The Hall–Kier alpha value is -3.67. The van der Waals surface area contributed by atoms with Crippen molar-refractivity contribution in [2.45, 2.75) is 0 Å². The van der Waals surface area contributed by atoms with Crippen LogP contribution in [0, 0.1) is 11.6 Å². The maximum absolute atomic E-state index is 14.2. The van der Waals surface area contributed by atoms with Crippen LogP contribution < -0.4 is 15.6 Å². The van der Waals surface area contributed by atoms with Gasteiger partial charge in [0.05, 0.1) is 0 Å². The SMILES string of the molecule is CNc1ccc(Oc2ccc(F)cc2F)c(-c2cn(C)c(=O)c3ccccc23)c1. The molecule has 4 aromatic rings. The van der Waals surface area contributed by atoms with Crippen molar-refractivity contribution in [2.75, 3.05) is 12.4 Å². The maximum atomic E-state index is 14.2. The molecule has 0 aliphatic heterocycles. The molecule has 0 radical (unpaired) electrons. The van der Waals surface area contributed by atoms with Gasteiger partial charge >= 0.3 is 0 Å². The first-order chi connectivity index (χ1) is 14.0. The van der Waals surface area contributed by atoms with Gasteiger partial charge in [0.25, 0.3) is 5.56 Å². The Morgan fingerprint density at radius 2 is 1.62 bits per heavy atom. The van der Waals surface area contributed by atoms with Gasteiger partial charge in [0.2, 0.25) is 0 Å². The van der Waals surface area contributed by atoms with E-state index >= 15 is 0 Å². The second-order valence-electron chi connectivity index (χ2n) is 6.64. The fourth-order valence-electron chi connectivity index (χ4n) is 3.29. The van der Waals surface area contributed by atoms with E-state index in [0.717, 1.165) is 28.8 Å². The molecule has 0 saturated heterocycles. The molecule has 4 rings (SSSR count). The van der Waals surface area contributed by atoms with Crippen molar-refractivity contribution in [3.05, 3.63) is 88.8 Å². The first kappa shape index (κ1) is 18.7. The van der Waals surface area contributed by atoms with Gasteiger partial charge in [0.15, 0.2) is 11.6 Å². The monoisotopic (exact) mass is 392 g/mol. The van der Waals surface area contributed by atoms with Gasteiger partial charge in [-0.2, -0.15) is 0 Å². The molecular weight excluding hydrogens is 374 g/mol. The minimum Gasteiger partial charge on any atom is -0.454 e. The summed E-state index contributed by atoms with van der Waals surface area (Å²) in [5.74, 6) is -1.17. The highest BCUT2D eigenvalue weighted by Gasteiger charge is 2.16. The third kappa shape index (κ3) is 3.45. The number of halogens is 2. The molecule has 146 valence electrons. The molecule has 0 saturated carbocycles. The Kier molecular flexibility index (Phi) is 4.76. The predicted molar refractivity (Wildman–Crippen MR) is 111 cm³/mol. The third-order valence-corrected chi connectivity index (χ3v) is 4.76. The first-order valence-corrected chi connectivity index (χ1v) is 9.01. The average molecular weight is 392 g/mol. The topological polar surface area (TPSA) is 43.3 Å². The molecule has 6 heteroatoms. The van der Waals surface area contributed by atoms with Crippen molar-refractivity contribution in [2.24, 2.45) is 7.05 Å². The van der Waals surface area contributed by atoms with E-state index in [1.165, 1.54) is 10.6 Å². The quantitative estimate of drug-likeness (QED) is 0.511. The van der Waals surface area contributed by atoms with E-state index in [1.807, 2.05) is 24.3 Å². The molecule has 1 N–H and O–H groups in total. The number of hydrogen-bond donors (Lipinski definition) is 1. The highest BCUT2D eigenvalue weighted by molar-refractivity contribution is 5.97. The van der Waals surface area contributed by atoms with Gasteiger partial charge in [-0.3, -0.25) is 4.79 Å². The number of fused-ring (bicyclic) bond motifs is 1. The Morgan fingerprint density at radius 1 is 0.897 bits per heavy atom. The number of benzene rings is 3. The molecule has 0 amide bonds. The molecule has 1 heterocycles. The summed E-state index contributed by atoms with van der Waals surface area (Å²) < 4.78 is 34.7. The molecule has 0 fully saturated rings. The zero-order chi connectivity index (χ0) is 20.5. The van der Waals surface area contributed by atoms with Crippen LogP contribution in [0.15, 0.2) is 71.7 Å². The molecule has 0 aliphatic carbocycles. The summed E-state index contributed by atoms with van der Waals surface area (Å²) in [6.07, 6.45) is 1.73. The maximum Gasteiger partial charge on any atom is 0.258 e. The van der Waals surface area contributed by atoms with E-state index in [0.29, 0.717) is 16.7 Å². The molecule has 1 aromatic heterocycles. The molecule has 0 aliphatic rings. The summed E-state index contributed by atoms with van der Waals surface area (Å²) >= 11 is 0. The van der Waals surface area contributed by atoms with Gasteiger partial charge in [-0.1, -0.05) is 18.2 Å². The van der Waals surface area contributed by atoms with Crippen molar-refractivity contribution in [3.63, 3.8) is 0 Å². The second kappa shape index (κ2) is 7.39. The zero-order valence-corrected chi connectivity index (χ0v) is 15.9. The van der Waals surface area contributed by atoms with Gasteiger partial charge in [-0.15, -0.1) is 0 Å². The van der Waals surface area contributed by atoms with Crippen LogP contribution in [0.25, 0.3) is 21.9 Å². The minimum absolute atomic E-state index is 0.0843. The number of aryl methyl sites for hydroxylation is 1. The lowest BCUT2D eigenvalue weighted by Gasteiger charge is -2.16. The van der Waals surface area contributed by atoms with E-state index in [1.54, 1.807) is 38.5 Å². The van der Waals surface area contributed by atoms with Crippen LogP contribution in [0.3, 0.4) is 0 Å². The predicted octanol–water partition coefficient (Wildman–Crippen LogP) is 5.32. The first-order valence-electron chi connectivity index (χ1n) is 9.01. The number of ether oxygens (including phenoxy) is 1. The van der Waals surface area contributed by atoms with Crippen LogP contribution in [0.2, 0.25) is 0 Å². The fourth-order valence-corrected chi connectivity index (χ4v) is 3.29. The Labute approximate surface area is 166 Å². The van der Waals surface area contributed by atoms with Crippen LogP contribution in [-0.4, -0.2) is 11.6 Å². The van der Waals surface area contributed by atoms with E-state index in [2.05, 4.69) is 5.32 Å². The number of nitrogens with zero attached hydrogens (tertiary/aromatic N) is 1. The second-order valence-corrected chi connectivity index (χ2v) is 6.64. The standard InChI is InChI=1S/C23H18F2N2O2/c1-26-15-8-10-21(29-22-9-7-14(24)11-20(22)25)18(12-15)19-13-27(2)23(28)17-6-4-3-5-16(17)19/h3-13,26H,1-2H3. The molecule has 0 unspecified atom stereocenters. The van der Waals surface area contributed by atoms with Crippen molar-refractivity contribution < 1.29 is 13.5 Å². The Morgan fingerprint density at radius 3 is 2.34 bits per heavy atom. The molecular formula is C23H18F2N2O2. The molecule has 3 aromatic carbocycles. The summed E-state index contributed by atoms with van der Waals surface area (Å²) in [7, 11) is 3.47. The smallest absolute Gasteiger partial charge is 0.258 e. The highest BCUT2D eigenvalue weighted by atomic mass is 19.1. The summed E-state index contributed by atoms with van der Waals surface area (Å²) in [5, 5.41) is 4.40. The van der Waals surface area contributed by atoms with E-state index in [4.69, 9.17) is 4.74 Å². The highest BCUT2D eigenvalue weighted by Crippen LogP contribution is 2.38. The van der Waals surface area contributed by atoms with Crippen molar-refractivity contribution in [3.8, 4) is 22.6 Å². The number of rotatable bonds is 4. The van der Waals surface area contributed by atoms with E-state index in [-0.39, 0.29) is 11.3 Å². The van der Waals surface area contributed by atoms with Crippen LogP contribution in [0.1, 0.15) is 0 Å². The summed E-state index contributed by atoms with van der Waals surface area (Å²) in [6, 6.07) is 15.8. The molecule has 0 spiro atoms. The van der Waals surface area contributed by atoms with Crippen molar-refractivity contribution in [1.29, 1.82) is 0 Å². The van der Waals surface area contributed by atoms with E-state index < -0.39 is 11.6 Å². The lowest BCUT2D eigenvalue weighted by atomic mass is 9.99. The summed E-state index contributed by atoms with van der Waals surface area (Å²) in [5.41, 5.74) is 2.15. The van der Waals surface area contributed by atoms with Gasteiger partial charge < -0.3 is 14.6 Å². The number of anilines is 1. The molecule has 0 atom stereocenters. The number of pyridine rings is 1. The van der Waals surface area contributed by atoms with Crippen LogP contribution in [-0.2, 0) is 7.05 Å². The number of nitrogens with one attached hydrogen (secondary N) is 1. The van der Waals surface area contributed by atoms with Gasteiger partial charge in [-0.05, 0) is 41.8 Å². The van der Waals surface area contributed by atoms with Crippen molar-refractivity contribution >= 4 is 16.5 Å².